The Morgan fingerprint density at radius 2 is 1.41 bits per heavy atom. The van der Waals surface area contributed by atoms with E-state index in [0.29, 0.717) is 0 Å². The summed E-state index contributed by atoms with van der Waals surface area (Å²) in [5.74, 6) is 1.12. The highest BCUT2D eigenvalue weighted by atomic mass is 16.3. The van der Waals surface area contributed by atoms with Gasteiger partial charge in [-0.1, -0.05) is 59.7 Å². The van der Waals surface area contributed by atoms with Crippen LogP contribution in [0.5, 0.6) is 0 Å². The van der Waals surface area contributed by atoms with E-state index in [4.69, 9.17) is 4.42 Å². The Morgan fingerprint density at radius 1 is 0.824 bits per heavy atom. The fraction of sp³-hybridized carbons (Fsp3) is 0.500. The minimum absolute atomic E-state index is 0.0433. The molecular formula is C16H22O. The molecule has 1 heterocycles. The van der Waals surface area contributed by atoms with Crippen LogP contribution in [0.1, 0.15) is 52.9 Å². The van der Waals surface area contributed by atoms with Crippen molar-refractivity contribution >= 4 is 11.0 Å². The zero-order chi connectivity index (χ0) is 12.8. The van der Waals surface area contributed by atoms with E-state index in [9.17, 15) is 0 Å². The Balaban J connectivity index is 2.84. The van der Waals surface area contributed by atoms with Crippen molar-refractivity contribution in [3.8, 4) is 0 Å². The van der Waals surface area contributed by atoms with Gasteiger partial charge in [0.15, 0.2) is 0 Å². The predicted molar refractivity (Wildman–Crippen MR) is 73.6 cm³/mol. The molecule has 0 amide bonds. The maximum absolute atomic E-state index is 6.09. The fourth-order valence-electron chi connectivity index (χ4n) is 2.32. The molecule has 0 N–H and O–H groups in total. The van der Waals surface area contributed by atoms with Crippen LogP contribution in [-0.2, 0) is 10.8 Å². The van der Waals surface area contributed by atoms with Crippen molar-refractivity contribution in [3.63, 3.8) is 0 Å². The molecular weight excluding hydrogens is 208 g/mol. The lowest BCUT2D eigenvalue weighted by Crippen LogP contribution is -2.20. The monoisotopic (exact) mass is 230 g/mol. The summed E-state index contributed by atoms with van der Waals surface area (Å²) >= 11 is 0. The Labute approximate surface area is 104 Å². The van der Waals surface area contributed by atoms with Crippen LogP contribution in [0.3, 0.4) is 0 Å². The van der Waals surface area contributed by atoms with Gasteiger partial charge in [-0.15, -0.1) is 0 Å². The van der Waals surface area contributed by atoms with E-state index < -0.39 is 0 Å². The molecule has 0 aliphatic rings. The van der Waals surface area contributed by atoms with Gasteiger partial charge >= 0.3 is 0 Å². The fourth-order valence-corrected chi connectivity index (χ4v) is 2.32. The van der Waals surface area contributed by atoms with Gasteiger partial charge in [-0.25, -0.2) is 0 Å². The molecule has 0 radical (unpaired) electrons. The van der Waals surface area contributed by atoms with E-state index in [0.717, 1.165) is 11.3 Å². The third-order valence-corrected chi connectivity index (χ3v) is 3.03. The maximum atomic E-state index is 6.09. The summed E-state index contributed by atoms with van der Waals surface area (Å²) in [4.78, 5) is 0. The first-order chi connectivity index (χ1) is 7.71. The molecule has 0 spiro atoms. The molecule has 0 aliphatic heterocycles. The van der Waals surface area contributed by atoms with E-state index in [1.54, 1.807) is 0 Å². The van der Waals surface area contributed by atoms with Crippen LogP contribution in [0.2, 0.25) is 0 Å². The minimum atomic E-state index is 0.0433. The van der Waals surface area contributed by atoms with E-state index in [-0.39, 0.29) is 10.8 Å². The van der Waals surface area contributed by atoms with Gasteiger partial charge < -0.3 is 4.42 Å². The van der Waals surface area contributed by atoms with Crippen molar-refractivity contribution < 1.29 is 4.42 Å². The second-order valence-electron chi connectivity index (χ2n) is 6.80. The highest BCUT2D eigenvalue weighted by molar-refractivity contribution is 5.83. The van der Waals surface area contributed by atoms with Crippen LogP contribution in [-0.4, -0.2) is 0 Å². The topological polar surface area (TPSA) is 13.1 Å². The summed E-state index contributed by atoms with van der Waals surface area (Å²) in [5, 5.41) is 1.25. The molecule has 17 heavy (non-hydrogen) atoms. The molecule has 0 fully saturated rings. The van der Waals surface area contributed by atoms with Gasteiger partial charge in [0.1, 0.15) is 11.3 Å². The third-order valence-electron chi connectivity index (χ3n) is 3.03. The van der Waals surface area contributed by atoms with E-state index in [2.05, 4.69) is 59.7 Å². The lowest BCUT2D eigenvalue weighted by Gasteiger charge is -2.25. The van der Waals surface area contributed by atoms with Crippen LogP contribution >= 0.6 is 0 Å². The highest BCUT2D eigenvalue weighted by Gasteiger charge is 2.31. The van der Waals surface area contributed by atoms with Gasteiger partial charge in [-0.3, -0.25) is 0 Å². The number of para-hydroxylation sites is 1. The number of rotatable bonds is 0. The van der Waals surface area contributed by atoms with Crippen molar-refractivity contribution in [2.75, 3.05) is 0 Å². The molecule has 1 nitrogen and oxygen atoms in total. The molecule has 2 aromatic rings. The predicted octanol–water partition coefficient (Wildman–Crippen LogP) is 5.03. The van der Waals surface area contributed by atoms with Gasteiger partial charge in [-0.2, -0.15) is 0 Å². The van der Waals surface area contributed by atoms with Crippen LogP contribution in [0, 0.1) is 0 Å². The molecule has 1 aromatic carbocycles. The standard InChI is InChI=1S/C16H22O/c1-15(2,3)13-11-9-7-8-10-12(11)17-14(13)16(4,5)6/h7-10H,1-6H3. The summed E-state index contributed by atoms with van der Waals surface area (Å²) in [5.41, 5.74) is 2.50. The van der Waals surface area contributed by atoms with Gasteiger partial charge in [-0.05, 0) is 11.5 Å². The number of hydrogen-bond acceptors (Lipinski definition) is 1. The summed E-state index contributed by atoms with van der Waals surface area (Å²) in [6.07, 6.45) is 0. The van der Waals surface area contributed by atoms with Crippen LogP contribution in [0.15, 0.2) is 28.7 Å². The summed E-state index contributed by atoms with van der Waals surface area (Å²) in [6.45, 7) is 13.4. The van der Waals surface area contributed by atoms with E-state index >= 15 is 0 Å². The van der Waals surface area contributed by atoms with Gasteiger partial charge in [0.05, 0.1) is 0 Å². The molecule has 1 heteroatoms. The zero-order valence-electron chi connectivity index (χ0n) is 11.7. The van der Waals surface area contributed by atoms with E-state index in [1.807, 2.05) is 6.07 Å². The SMILES string of the molecule is CC(C)(C)c1oc2ccccc2c1C(C)(C)C. The molecule has 0 saturated carbocycles. The van der Waals surface area contributed by atoms with Gasteiger partial charge in [0.25, 0.3) is 0 Å². The smallest absolute Gasteiger partial charge is 0.134 e. The summed E-state index contributed by atoms with van der Waals surface area (Å²) in [6, 6.07) is 8.33. The average molecular weight is 230 g/mol. The van der Waals surface area contributed by atoms with Crippen molar-refractivity contribution in [2.24, 2.45) is 0 Å². The van der Waals surface area contributed by atoms with Crippen LogP contribution in [0.25, 0.3) is 11.0 Å². The van der Waals surface area contributed by atoms with Crippen LogP contribution < -0.4 is 0 Å². The Bertz CT molecular complexity index is 533. The van der Waals surface area contributed by atoms with Crippen molar-refractivity contribution in [3.05, 3.63) is 35.6 Å². The summed E-state index contributed by atoms with van der Waals surface area (Å²) < 4.78 is 6.09. The molecule has 0 saturated heterocycles. The largest absolute Gasteiger partial charge is 0.460 e. The minimum Gasteiger partial charge on any atom is -0.460 e. The number of hydrogen-bond donors (Lipinski definition) is 0. The van der Waals surface area contributed by atoms with Crippen molar-refractivity contribution in [2.45, 2.75) is 52.4 Å². The van der Waals surface area contributed by atoms with Gasteiger partial charge in [0, 0.05) is 16.4 Å². The molecule has 0 aliphatic carbocycles. The average Bonchev–Trinajstić information content (AvgIpc) is 2.54. The third kappa shape index (κ3) is 2.11. The van der Waals surface area contributed by atoms with E-state index in [1.165, 1.54) is 10.9 Å². The first kappa shape index (κ1) is 12.2. The number of furan rings is 1. The second kappa shape index (κ2) is 3.63. The molecule has 0 atom stereocenters. The zero-order valence-corrected chi connectivity index (χ0v) is 11.7. The Morgan fingerprint density at radius 3 is 1.94 bits per heavy atom. The lowest BCUT2D eigenvalue weighted by molar-refractivity contribution is 0.409. The quantitative estimate of drug-likeness (QED) is 0.618. The summed E-state index contributed by atoms with van der Waals surface area (Å²) in [7, 11) is 0. The Kier molecular flexibility index (Phi) is 2.61. The van der Waals surface area contributed by atoms with Gasteiger partial charge in [0.2, 0.25) is 0 Å². The van der Waals surface area contributed by atoms with Crippen molar-refractivity contribution in [1.82, 2.24) is 0 Å². The maximum Gasteiger partial charge on any atom is 0.134 e. The molecule has 92 valence electrons. The first-order valence-corrected chi connectivity index (χ1v) is 6.24. The lowest BCUT2D eigenvalue weighted by atomic mass is 9.79. The first-order valence-electron chi connectivity index (χ1n) is 6.24. The number of fused-ring (bicyclic) bond motifs is 1. The van der Waals surface area contributed by atoms with Crippen LogP contribution in [0.4, 0.5) is 0 Å². The normalized spacial score (nSPS) is 13.3. The molecule has 0 bridgehead atoms. The van der Waals surface area contributed by atoms with Crippen molar-refractivity contribution in [1.29, 1.82) is 0 Å². The number of benzene rings is 1. The highest BCUT2D eigenvalue weighted by Crippen LogP contribution is 2.40. The second-order valence-corrected chi connectivity index (χ2v) is 6.80. The molecule has 0 unspecified atom stereocenters. The Hall–Kier alpha value is -1.24. The molecule has 2 rings (SSSR count). The molecule has 1 aromatic heterocycles.